The van der Waals surface area contributed by atoms with Crippen LogP contribution in [0.2, 0.25) is 10.0 Å². The van der Waals surface area contributed by atoms with Crippen molar-refractivity contribution in [2.75, 3.05) is 13.1 Å². The lowest BCUT2D eigenvalue weighted by Gasteiger charge is -2.16. The van der Waals surface area contributed by atoms with Gasteiger partial charge in [0.25, 0.3) is 0 Å². The Hall–Kier alpha value is -0.770. The first-order valence-electron chi connectivity index (χ1n) is 6.00. The summed E-state index contributed by atoms with van der Waals surface area (Å²) in [6.45, 7) is 5.17. The van der Waals surface area contributed by atoms with Gasteiger partial charge in [-0.15, -0.1) is 0 Å². The number of hydrogen-bond acceptors (Lipinski definition) is 2. The fourth-order valence-electron chi connectivity index (χ4n) is 1.65. The molecule has 2 N–H and O–H groups in total. The van der Waals surface area contributed by atoms with Gasteiger partial charge in [-0.25, -0.2) is 0 Å². The van der Waals surface area contributed by atoms with E-state index in [0.717, 1.165) is 5.56 Å². The second kappa shape index (κ2) is 7.62. The van der Waals surface area contributed by atoms with Crippen molar-refractivity contribution < 1.29 is 4.79 Å². The van der Waals surface area contributed by atoms with E-state index in [4.69, 9.17) is 23.2 Å². The van der Waals surface area contributed by atoms with Gasteiger partial charge in [0.2, 0.25) is 5.91 Å². The highest BCUT2D eigenvalue weighted by Crippen LogP contribution is 2.29. The molecular weight excluding hydrogens is 271 g/mol. The van der Waals surface area contributed by atoms with Crippen LogP contribution >= 0.6 is 23.2 Å². The normalized spacial score (nSPS) is 12.2. The van der Waals surface area contributed by atoms with Crippen LogP contribution in [-0.2, 0) is 4.79 Å². The highest BCUT2D eigenvalue weighted by molar-refractivity contribution is 6.42. The number of rotatable bonds is 6. The van der Waals surface area contributed by atoms with Gasteiger partial charge in [-0.05, 0) is 25.5 Å². The Morgan fingerprint density at radius 1 is 1.39 bits per heavy atom. The molecule has 0 aliphatic rings. The maximum atomic E-state index is 11.3. The zero-order chi connectivity index (χ0) is 13.5. The smallest absolute Gasteiger partial charge is 0.221 e. The van der Waals surface area contributed by atoms with Crippen LogP contribution in [0.4, 0.5) is 0 Å². The molecule has 1 amide bonds. The number of hydrogen-bond donors (Lipinski definition) is 2. The van der Waals surface area contributed by atoms with Crippen molar-refractivity contribution in [3.8, 4) is 0 Å². The molecule has 5 heteroatoms. The van der Waals surface area contributed by atoms with Gasteiger partial charge in [0.1, 0.15) is 0 Å². The summed E-state index contributed by atoms with van der Waals surface area (Å²) < 4.78 is 0. The van der Waals surface area contributed by atoms with Crippen molar-refractivity contribution >= 4 is 29.1 Å². The number of halogens is 2. The van der Waals surface area contributed by atoms with Crippen molar-refractivity contribution in [1.29, 1.82) is 0 Å². The van der Waals surface area contributed by atoms with Crippen LogP contribution in [0, 0.1) is 0 Å². The van der Waals surface area contributed by atoms with Crippen LogP contribution in [0.15, 0.2) is 18.2 Å². The van der Waals surface area contributed by atoms with Crippen LogP contribution in [0.3, 0.4) is 0 Å². The van der Waals surface area contributed by atoms with E-state index in [1.54, 1.807) is 6.07 Å². The largest absolute Gasteiger partial charge is 0.356 e. The molecule has 0 heterocycles. The molecule has 0 aliphatic heterocycles. The zero-order valence-corrected chi connectivity index (χ0v) is 12.1. The number of carbonyl (C=O) groups is 1. The number of nitrogens with one attached hydrogen (secondary N) is 2. The van der Waals surface area contributed by atoms with Gasteiger partial charge >= 0.3 is 0 Å². The van der Waals surface area contributed by atoms with Gasteiger partial charge in [-0.2, -0.15) is 0 Å². The van der Waals surface area contributed by atoms with Gasteiger partial charge in [0.15, 0.2) is 0 Å². The van der Waals surface area contributed by atoms with E-state index in [-0.39, 0.29) is 11.9 Å². The van der Waals surface area contributed by atoms with E-state index in [9.17, 15) is 4.79 Å². The second-order valence-corrected chi connectivity index (χ2v) is 4.81. The zero-order valence-electron chi connectivity index (χ0n) is 10.6. The molecule has 0 aliphatic carbocycles. The molecular formula is C13H18Cl2N2O. The van der Waals surface area contributed by atoms with Crippen molar-refractivity contribution in [3.05, 3.63) is 33.8 Å². The predicted octanol–water partition coefficient (Wildman–Crippen LogP) is 3.17. The van der Waals surface area contributed by atoms with E-state index in [2.05, 4.69) is 10.6 Å². The summed E-state index contributed by atoms with van der Waals surface area (Å²) in [5.41, 5.74) is 0.945. The molecule has 3 nitrogen and oxygen atoms in total. The third-order valence-corrected chi connectivity index (χ3v) is 3.46. The molecule has 0 spiro atoms. The summed E-state index contributed by atoms with van der Waals surface area (Å²) in [6, 6.07) is 5.61. The van der Waals surface area contributed by atoms with Crippen LogP contribution < -0.4 is 10.6 Å². The first-order valence-corrected chi connectivity index (χ1v) is 6.75. The highest BCUT2D eigenvalue weighted by atomic mass is 35.5. The average molecular weight is 289 g/mol. The lowest BCUT2D eigenvalue weighted by Crippen LogP contribution is -2.28. The van der Waals surface area contributed by atoms with Crippen LogP contribution in [0.25, 0.3) is 0 Å². The quantitative estimate of drug-likeness (QED) is 0.844. The molecule has 18 heavy (non-hydrogen) atoms. The van der Waals surface area contributed by atoms with Gasteiger partial charge in [0.05, 0.1) is 10.0 Å². The monoisotopic (exact) mass is 288 g/mol. The molecule has 1 unspecified atom stereocenters. The molecule has 0 saturated heterocycles. The minimum atomic E-state index is 0.0504. The lowest BCUT2D eigenvalue weighted by molar-refractivity contribution is -0.120. The summed E-state index contributed by atoms with van der Waals surface area (Å²) in [4.78, 5) is 11.3. The molecule has 0 radical (unpaired) electrons. The maximum absolute atomic E-state index is 11.3. The average Bonchev–Trinajstić information content (AvgIpc) is 2.33. The van der Waals surface area contributed by atoms with Gasteiger partial charge in [-0.3, -0.25) is 4.79 Å². The van der Waals surface area contributed by atoms with Crippen LogP contribution in [-0.4, -0.2) is 19.0 Å². The highest BCUT2D eigenvalue weighted by Gasteiger charge is 2.11. The topological polar surface area (TPSA) is 41.1 Å². The third-order valence-electron chi connectivity index (χ3n) is 2.62. The van der Waals surface area contributed by atoms with E-state index in [0.29, 0.717) is 29.6 Å². The molecule has 100 valence electrons. The van der Waals surface area contributed by atoms with E-state index in [1.807, 2.05) is 26.0 Å². The Balaban J connectivity index is 2.48. The van der Waals surface area contributed by atoms with E-state index >= 15 is 0 Å². The Kier molecular flexibility index (Phi) is 6.47. The number of amides is 1. The fraction of sp³-hybridized carbons (Fsp3) is 0.462. The van der Waals surface area contributed by atoms with Gasteiger partial charge in [0, 0.05) is 25.6 Å². The van der Waals surface area contributed by atoms with Crippen LogP contribution in [0.1, 0.15) is 31.9 Å². The summed E-state index contributed by atoms with van der Waals surface area (Å²) in [7, 11) is 0. The van der Waals surface area contributed by atoms with Crippen LogP contribution in [0.5, 0.6) is 0 Å². The minimum absolute atomic E-state index is 0.0504. The summed E-state index contributed by atoms with van der Waals surface area (Å²) in [5.74, 6) is 0.0504. The Morgan fingerprint density at radius 2 is 2.11 bits per heavy atom. The molecule has 0 saturated carbocycles. The first-order chi connectivity index (χ1) is 8.56. The maximum Gasteiger partial charge on any atom is 0.221 e. The van der Waals surface area contributed by atoms with Crippen molar-refractivity contribution in [3.63, 3.8) is 0 Å². The van der Waals surface area contributed by atoms with Crippen molar-refractivity contribution in [1.82, 2.24) is 10.6 Å². The minimum Gasteiger partial charge on any atom is -0.356 e. The lowest BCUT2D eigenvalue weighted by atomic mass is 10.1. The Morgan fingerprint density at radius 3 is 2.78 bits per heavy atom. The van der Waals surface area contributed by atoms with Gasteiger partial charge in [-0.1, -0.05) is 35.3 Å². The molecule has 0 bridgehead atoms. The number of carbonyl (C=O) groups excluding carboxylic acids is 1. The van der Waals surface area contributed by atoms with Crippen molar-refractivity contribution in [2.45, 2.75) is 26.3 Å². The summed E-state index contributed by atoms with van der Waals surface area (Å²) in [6.07, 6.45) is 0.455. The third kappa shape index (κ3) is 4.48. The second-order valence-electron chi connectivity index (χ2n) is 4.02. The summed E-state index contributed by atoms with van der Waals surface area (Å²) >= 11 is 12.1. The van der Waals surface area contributed by atoms with Crippen molar-refractivity contribution in [2.24, 2.45) is 0 Å². The molecule has 0 aromatic heterocycles. The predicted molar refractivity (Wildman–Crippen MR) is 76.2 cm³/mol. The molecule has 1 atom stereocenters. The molecule has 1 rings (SSSR count). The SMILES string of the molecule is CCNC(=O)CCNC(C)c1cccc(Cl)c1Cl. The van der Waals surface area contributed by atoms with Gasteiger partial charge < -0.3 is 10.6 Å². The standard InChI is InChI=1S/C13H18Cl2N2O/c1-3-16-12(18)7-8-17-9(2)10-5-4-6-11(14)13(10)15/h4-6,9,17H,3,7-8H2,1-2H3,(H,16,18). The Labute approximate surface area is 118 Å². The number of benzene rings is 1. The molecule has 1 aromatic carbocycles. The van der Waals surface area contributed by atoms with E-state index in [1.165, 1.54) is 0 Å². The molecule has 0 fully saturated rings. The van der Waals surface area contributed by atoms with E-state index < -0.39 is 0 Å². The Bertz CT molecular complexity index is 410. The fourth-order valence-corrected chi connectivity index (χ4v) is 2.12. The molecule has 1 aromatic rings. The first kappa shape index (κ1) is 15.3. The summed E-state index contributed by atoms with van der Waals surface area (Å²) in [5, 5.41) is 7.12.